The van der Waals surface area contributed by atoms with E-state index >= 15 is 0 Å². The zero-order valence-corrected chi connectivity index (χ0v) is 10.6. The molecule has 0 bridgehead atoms. The molecule has 3 nitrogen and oxygen atoms in total. The molecule has 0 saturated carbocycles. The Labute approximate surface area is 106 Å². The standard InChI is InChI=1S/C14H17FN2O/c1-3-8-17-9-7-16-14(17)13(18)11-6-4-5-10(2)12(11)15/h4-7,9,13,18H,3,8H2,1-2H3. The fourth-order valence-electron chi connectivity index (χ4n) is 2.02. The highest BCUT2D eigenvalue weighted by atomic mass is 19.1. The first-order valence-corrected chi connectivity index (χ1v) is 6.09. The lowest BCUT2D eigenvalue weighted by Crippen LogP contribution is -2.11. The van der Waals surface area contributed by atoms with Gasteiger partial charge in [0.05, 0.1) is 0 Å². The molecule has 2 aromatic rings. The van der Waals surface area contributed by atoms with E-state index in [1.807, 2.05) is 11.5 Å². The van der Waals surface area contributed by atoms with Gasteiger partial charge in [-0.15, -0.1) is 0 Å². The molecule has 0 aliphatic carbocycles. The molecule has 0 aliphatic rings. The minimum atomic E-state index is -1.02. The van der Waals surface area contributed by atoms with Gasteiger partial charge < -0.3 is 9.67 Å². The van der Waals surface area contributed by atoms with Gasteiger partial charge >= 0.3 is 0 Å². The van der Waals surface area contributed by atoms with Crippen LogP contribution < -0.4 is 0 Å². The predicted octanol–water partition coefficient (Wildman–Crippen LogP) is 2.82. The number of hydrogen-bond acceptors (Lipinski definition) is 2. The number of rotatable bonds is 4. The molecule has 1 aromatic carbocycles. The molecule has 0 saturated heterocycles. The van der Waals surface area contributed by atoms with Gasteiger partial charge in [0.2, 0.25) is 0 Å². The zero-order valence-electron chi connectivity index (χ0n) is 10.6. The van der Waals surface area contributed by atoms with Gasteiger partial charge in [-0.2, -0.15) is 0 Å². The number of aliphatic hydroxyl groups is 1. The molecule has 2 rings (SSSR count). The predicted molar refractivity (Wildman–Crippen MR) is 67.7 cm³/mol. The number of imidazole rings is 1. The van der Waals surface area contributed by atoms with Crippen molar-refractivity contribution < 1.29 is 9.50 Å². The average molecular weight is 248 g/mol. The number of benzene rings is 1. The molecule has 1 heterocycles. The maximum Gasteiger partial charge on any atom is 0.142 e. The Morgan fingerprint density at radius 2 is 2.22 bits per heavy atom. The third-order valence-electron chi connectivity index (χ3n) is 2.97. The van der Waals surface area contributed by atoms with Crippen LogP contribution in [0.4, 0.5) is 4.39 Å². The van der Waals surface area contributed by atoms with Crippen molar-refractivity contribution in [1.82, 2.24) is 9.55 Å². The highest BCUT2D eigenvalue weighted by molar-refractivity contribution is 5.29. The van der Waals surface area contributed by atoms with Crippen LogP contribution >= 0.6 is 0 Å². The van der Waals surface area contributed by atoms with Crippen LogP contribution in [-0.4, -0.2) is 14.7 Å². The molecule has 0 fully saturated rings. The maximum atomic E-state index is 14.0. The first kappa shape index (κ1) is 12.8. The van der Waals surface area contributed by atoms with Crippen LogP contribution in [-0.2, 0) is 6.54 Å². The van der Waals surface area contributed by atoms with Crippen molar-refractivity contribution in [2.75, 3.05) is 0 Å². The quantitative estimate of drug-likeness (QED) is 0.903. The van der Waals surface area contributed by atoms with Gasteiger partial charge in [-0.3, -0.25) is 0 Å². The molecule has 1 unspecified atom stereocenters. The summed E-state index contributed by atoms with van der Waals surface area (Å²) in [5.74, 6) is 0.123. The van der Waals surface area contributed by atoms with Crippen molar-refractivity contribution >= 4 is 0 Å². The van der Waals surface area contributed by atoms with E-state index in [1.54, 1.807) is 37.5 Å². The molecule has 0 radical (unpaired) electrons. The second-order valence-electron chi connectivity index (χ2n) is 4.36. The van der Waals surface area contributed by atoms with Gasteiger partial charge in [0.15, 0.2) is 0 Å². The van der Waals surface area contributed by atoms with Gasteiger partial charge in [0, 0.05) is 24.5 Å². The van der Waals surface area contributed by atoms with E-state index < -0.39 is 6.10 Å². The molecule has 1 aromatic heterocycles. The van der Waals surface area contributed by atoms with Crippen LogP contribution in [0.15, 0.2) is 30.6 Å². The summed E-state index contributed by atoms with van der Waals surface area (Å²) >= 11 is 0. The summed E-state index contributed by atoms with van der Waals surface area (Å²) in [7, 11) is 0. The van der Waals surface area contributed by atoms with E-state index in [1.165, 1.54) is 0 Å². The normalized spacial score (nSPS) is 12.7. The Morgan fingerprint density at radius 1 is 1.44 bits per heavy atom. The number of aliphatic hydroxyl groups excluding tert-OH is 1. The lowest BCUT2D eigenvalue weighted by molar-refractivity contribution is 0.199. The van der Waals surface area contributed by atoms with Gasteiger partial charge in [0.25, 0.3) is 0 Å². The van der Waals surface area contributed by atoms with Crippen LogP contribution in [0, 0.1) is 12.7 Å². The van der Waals surface area contributed by atoms with E-state index in [4.69, 9.17) is 0 Å². The Kier molecular flexibility index (Phi) is 3.77. The van der Waals surface area contributed by atoms with E-state index in [2.05, 4.69) is 4.98 Å². The number of nitrogens with zero attached hydrogens (tertiary/aromatic N) is 2. The van der Waals surface area contributed by atoms with E-state index in [-0.39, 0.29) is 11.4 Å². The lowest BCUT2D eigenvalue weighted by Gasteiger charge is -2.14. The third-order valence-corrected chi connectivity index (χ3v) is 2.97. The Hall–Kier alpha value is -1.68. The van der Waals surface area contributed by atoms with Crippen LogP contribution in [0.3, 0.4) is 0 Å². The van der Waals surface area contributed by atoms with Crippen LogP contribution in [0.5, 0.6) is 0 Å². The zero-order chi connectivity index (χ0) is 13.1. The average Bonchev–Trinajstić information content (AvgIpc) is 2.80. The second-order valence-corrected chi connectivity index (χ2v) is 4.36. The fraction of sp³-hybridized carbons (Fsp3) is 0.357. The fourth-order valence-corrected chi connectivity index (χ4v) is 2.02. The molecule has 1 N–H and O–H groups in total. The van der Waals surface area contributed by atoms with Crippen molar-refractivity contribution in [3.05, 3.63) is 53.4 Å². The molecular formula is C14H17FN2O. The molecule has 18 heavy (non-hydrogen) atoms. The molecule has 96 valence electrons. The van der Waals surface area contributed by atoms with E-state index in [0.29, 0.717) is 11.4 Å². The molecule has 4 heteroatoms. The molecular weight excluding hydrogens is 231 g/mol. The van der Waals surface area contributed by atoms with Crippen molar-refractivity contribution in [1.29, 1.82) is 0 Å². The molecule has 0 amide bonds. The number of halogens is 1. The van der Waals surface area contributed by atoms with Crippen molar-refractivity contribution in [2.45, 2.75) is 32.9 Å². The molecule has 0 spiro atoms. The summed E-state index contributed by atoms with van der Waals surface area (Å²) in [5.41, 5.74) is 0.804. The first-order valence-electron chi connectivity index (χ1n) is 6.09. The summed E-state index contributed by atoms with van der Waals surface area (Å²) in [6, 6.07) is 5.02. The highest BCUT2D eigenvalue weighted by Gasteiger charge is 2.20. The number of aryl methyl sites for hydroxylation is 2. The Balaban J connectivity index is 2.38. The minimum absolute atomic E-state index is 0.276. The Bertz CT molecular complexity index is 536. The van der Waals surface area contributed by atoms with Crippen molar-refractivity contribution in [2.24, 2.45) is 0 Å². The van der Waals surface area contributed by atoms with Crippen LogP contribution in [0.1, 0.15) is 36.4 Å². The SMILES string of the molecule is CCCn1ccnc1C(O)c1cccc(C)c1F. The first-order chi connectivity index (χ1) is 8.65. The summed E-state index contributed by atoms with van der Waals surface area (Å²) in [5, 5.41) is 10.3. The van der Waals surface area contributed by atoms with Crippen molar-refractivity contribution in [3.63, 3.8) is 0 Å². The number of hydrogen-bond donors (Lipinski definition) is 1. The third kappa shape index (κ3) is 2.29. The monoisotopic (exact) mass is 248 g/mol. The van der Waals surface area contributed by atoms with Crippen molar-refractivity contribution in [3.8, 4) is 0 Å². The van der Waals surface area contributed by atoms with Crippen LogP contribution in [0.25, 0.3) is 0 Å². The van der Waals surface area contributed by atoms with E-state index in [9.17, 15) is 9.50 Å². The van der Waals surface area contributed by atoms with Crippen LogP contribution in [0.2, 0.25) is 0 Å². The summed E-state index contributed by atoms with van der Waals surface area (Å²) < 4.78 is 15.8. The summed E-state index contributed by atoms with van der Waals surface area (Å²) in [6.07, 6.45) is 3.34. The van der Waals surface area contributed by atoms with Gasteiger partial charge in [-0.25, -0.2) is 9.37 Å². The summed E-state index contributed by atoms with van der Waals surface area (Å²) in [6.45, 7) is 4.49. The Morgan fingerprint density at radius 3 is 2.94 bits per heavy atom. The maximum absolute atomic E-state index is 14.0. The highest BCUT2D eigenvalue weighted by Crippen LogP contribution is 2.24. The molecule has 1 atom stereocenters. The second kappa shape index (κ2) is 5.31. The van der Waals surface area contributed by atoms with E-state index in [0.717, 1.165) is 13.0 Å². The lowest BCUT2D eigenvalue weighted by atomic mass is 10.0. The largest absolute Gasteiger partial charge is 0.380 e. The smallest absolute Gasteiger partial charge is 0.142 e. The summed E-state index contributed by atoms with van der Waals surface area (Å²) in [4.78, 5) is 4.13. The minimum Gasteiger partial charge on any atom is -0.380 e. The topological polar surface area (TPSA) is 38.0 Å². The van der Waals surface area contributed by atoms with Gasteiger partial charge in [-0.05, 0) is 18.9 Å². The van der Waals surface area contributed by atoms with Gasteiger partial charge in [-0.1, -0.05) is 25.1 Å². The number of aromatic nitrogens is 2. The van der Waals surface area contributed by atoms with Gasteiger partial charge in [0.1, 0.15) is 17.7 Å². The molecule has 0 aliphatic heterocycles.